The highest BCUT2D eigenvalue weighted by atomic mass is 16.5. The van der Waals surface area contributed by atoms with Gasteiger partial charge in [-0.3, -0.25) is 4.99 Å². The van der Waals surface area contributed by atoms with Gasteiger partial charge < -0.3 is 14.5 Å². The van der Waals surface area contributed by atoms with Gasteiger partial charge in [-0.1, -0.05) is 26.2 Å². The molecule has 4 nitrogen and oxygen atoms in total. The molecule has 0 unspecified atom stereocenters. The SMILES string of the molecule is CCCCCCN=C1N(C)CCN1CCOCC. The summed E-state index contributed by atoms with van der Waals surface area (Å²) >= 11 is 0. The zero-order chi connectivity index (χ0) is 13.2. The summed E-state index contributed by atoms with van der Waals surface area (Å²) in [4.78, 5) is 9.35. The Morgan fingerprint density at radius 2 is 2.00 bits per heavy atom. The van der Waals surface area contributed by atoms with Gasteiger partial charge in [0, 0.05) is 39.8 Å². The van der Waals surface area contributed by atoms with Gasteiger partial charge in [0.05, 0.1) is 6.61 Å². The largest absolute Gasteiger partial charge is 0.380 e. The Labute approximate surface area is 112 Å². The van der Waals surface area contributed by atoms with Crippen LogP contribution < -0.4 is 0 Å². The molecule has 1 aliphatic heterocycles. The quantitative estimate of drug-likeness (QED) is 0.591. The summed E-state index contributed by atoms with van der Waals surface area (Å²) in [6.07, 6.45) is 5.13. The van der Waals surface area contributed by atoms with Crippen molar-refractivity contribution >= 4 is 5.96 Å². The Morgan fingerprint density at radius 3 is 2.72 bits per heavy atom. The first-order valence-electron chi connectivity index (χ1n) is 7.37. The van der Waals surface area contributed by atoms with Crippen molar-refractivity contribution in [3.63, 3.8) is 0 Å². The van der Waals surface area contributed by atoms with Gasteiger partial charge in [0.25, 0.3) is 0 Å². The normalized spacial score (nSPS) is 18.1. The lowest BCUT2D eigenvalue weighted by Crippen LogP contribution is -2.34. The molecule has 0 N–H and O–H groups in total. The maximum Gasteiger partial charge on any atom is 0.196 e. The van der Waals surface area contributed by atoms with E-state index >= 15 is 0 Å². The number of ether oxygens (including phenoxy) is 1. The lowest BCUT2D eigenvalue weighted by molar-refractivity contribution is 0.134. The van der Waals surface area contributed by atoms with Crippen LogP contribution in [-0.2, 0) is 4.74 Å². The van der Waals surface area contributed by atoms with Gasteiger partial charge in [-0.2, -0.15) is 0 Å². The summed E-state index contributed by atoms with van der Waals surface area (Å²) in [7, 11) is 2.13. The summed E-state index contributed by atoms with van der Waals surface area (Å²) < 4.78 is 5.42. The fourth-order valence-corrected chi connectivity index (χ4v) is 2.18. The highest BCUT2D eigenvalue weighted by Crippen LogP contribution is 2.07. The minimum atomic E-state index is 0.799. The van der Waals surface area contributed by atoms with Crippen molar-refractivity contribution < 1.29 is 4.74 Å². The Bertz CT molecular complexity index is 243. The molecule has 0 bridgehead atoms. The van der Waals surface area contributed by atoms with Gasteiger partial charge >= 0.3 is 0 Å². The average Bonchev–Trinajstić information content (AvgIpc) is 2.71. The van der Waals surface area contributed by atoms with Crippen LogP contribution in [0.25, 0.3) is 0 Å². The molecule has 1 saturated heterocycles. The zero-order valence-corrected chi connectivity index (χ0v) is 12.3. The van der Waals surface area contributed by atoms with Gasteiger partial charge in [-0.15, -0.1) is 0 Å². The topological polar surface area (TPSA) is 28.1 Å². The number of rotatable bonds is 9. The van der Waals surface area contributed by atoms with Crippen LogP contribution in [0.15, 0.2) is 4.99 Å². The summed E-state index contributed by atoms with van der Waals surface area (Å²) in [5.74, 6) is 1.16. The Kier molecular flexibility index (Phi) is 7.81. The number of nitrogens with zero attached hydrogens (tertiary/aromatic N) is 3. The number of unbranched alkanes of at least 4 members (excludes halogenated alkanes) is 3. The smallest absolute Gasteiger partial charge is 0.196 e. The first kappa shape index (κ1) is 15.3. The standard InChI is InChI=1S/C14H29N3O/c1-4-6-7-8-9-15-14-16(3)10-11-17(14)12-13-18-5-2/h4-13H2,1-3H3. The van der Waals surface area contributed by atoms with Crippen molar-refractivity contribution in [1.82, 2.24) is 9.80 Å². The third-order valence-electron chi connectivity index (χ3n) is 3.30. The molecule has 18 heavy (non-hydrogen) atoms. The van der Waals surface area contributed by atoms with Gasteiger partial charge in [0.15, 0.2) is 5.96 Å². The lowest BCUT2D eigenvalue weighted by atomic mass is 10.2. The van der Waals surface area contributed by atoms with E-state index in [0.717, 1.165) is 45.4 Å². The van der Waals surface area contributed by atoms with E-state index in [0.29, 0.717) is 0 Å². The van der Waals surface area contributed by atoms with E-state index in [1.165, 1.54) is 25.7 Å². The molecule has 0 amide bonds. The van der Waals surface area contributed by atoms with Crippen molar-refractivity contribution in [1.29, 1.82) is 0 Å². The third-order valence-corrected chi connectivity index (χ3v) is 3.30. The van der Waals surface area contributed by atoms with Crippen LogP contribution >= 0.6 is 0 Å². The molecule has 0 saturated carbocycles. The van der Waals surface area contributed by atoms with Gasteiger partial charge in [-0.25, -0.2) is 0 Å². The molecule has 0 spiro atoms. The first-order chi connectivity index (χ1) is 8.79. The van der Waals surface area contributed by atoms with Crippen molar-refractivity contribution in [2.75, 3.05) is 46.4 Å². The average molecular weight is 255 g/mol. The maximum atomic E-state index is 5.42. The van der Waals surface area contributed by atoms with Crippen LogP contribution in [0, 0.1) is 0 Å². The molecule has 4 heteroatoms. The minimum absolute atomic E-state index is 0.799. The van der Waals surface area contributed by atoms with Gasteiger partial charge in [0.2, 0.25) is 0 Å². The summed E-state index contributed by atoms with van der Waals surface area (Å²) in [6.45, 7) is 9.98. The van der Waals surface area contributed by atoms with Crippen molar-refractivity contribution in [3.05, 3.63) is 0 Å². The molecular weight excluding hydrogens is 226 g/mol. The second-order valence-corrected chi connectivity index (χ2v) is 4.85. The molecule has 0 atom stereocenters. The Balaban J connectivity index is 2.30. The molecule has 1 heterocycles. The molecule has 0 aromatic carbocycles. The van der Waals surface area contributed by atoms with E-state index in [4.69, 9.17) is 9.73 Å². The van der Waals surface area contributed by atoms with Crippen molar-refractivity contribution in [2.45, 2.75) is 39.5 Å². The molecule has 1 aliphatic rings. The number of hydrogen-bond acceptors (Lipinski definition) is 2. The summed E-state index contributed by atoms with van der Waals surface area (Å²) in [5.41, 5.74) is 0. The monoisotopic (exact) mass is 255 g/mol. The number of likely N-dealkylation sites (N-methyl/N-ethyl adjacent to an activating group) is 1. The highest BCUT2D eigenvalue weighted by molar-refractivity contribution is 5.81. The molecule has 0 radical (unpaired) electrons. The lowest BCUT2D eigenvalue weighted by Gasteiger charge is -2.20. The van der Waals surface area contributed by atoms with Crippen LogP contribution in [0.3, 0.4) is 0 Å². The van der Waals surface area contributed by atoms with E-state index < -0.39 is 0 Å². The van der Waals surface area contributed by atoms with Crippen LogP contribution in [0.4, 0.5) is 0 Å². The fourth-order valence-electron chi connectivity index (χ4n) is 2.18. The second-order valence-electron chi connectivity index (χ2n) is 4.85. The molecule has 0 aliphatic carbocycles. The second kappa shape index (κ2) is 9.20. The van der Waals surface area contributed by atoms with Crippen molar-refractivity contribution in [2.24, 2.45) is 4.99 Å². The predicted molar refractivity (Wildman–Crippen MR) is 77.1 cm³/mol. The molecule has 1 fully saturated rings. The predicted octanol–water partition coefficient (Wildman–Crippen LogP) is 2.21. The van der Waals surface area contributed by atoms with E-state index in [9.17, 15) is 0 Å². The van der Waals surface area contributed by atoms with Crippen LogP contribution in [0.1, 0.15) is 39.5 Å². The number of guanidine groups is 1. The fraction of sp³-hybridized carbons (Fsp3) is 0.929. The number of hydrogen-bond donors (Lipinski definition) is 0. The Hall–Kier alpha value is -0.770. The van der Waals surface area contributed by atoms with Crippen LogP contribution in [0.5, 0.6) is 0 Å². The van der Waals surface area contributed by atoms with Crippen LogP contribution in [0.2, 0.25) is 0 Å². The Morgan fingerprint density at radius 1 is 1.17 bits per heavy atom. The van der Waals surface area contributed by atoms with Gasteiger partial charge in [-0.05, 0) is 13.3 Å². The summed E-state index contributed by atoms with van der Waals surface area (Å²) in [5, 5.41) is 0. The molecule has 106 valence electrons. The molecule has 0 aromatic heterocycles. The molecular formula is C14H29N3O. The van der Waals surface area contributed by atoms with E-state index in [1.54, 1.807) is 0 Å². The van der Waals surface area contributed by atoms with E-state index in [-0.39, 0.29) is 0 Å². The van der Waals surface area contributed by atoms with E-state index in [2.05, 4.69) is 23.8 Å². The van der Waals surface area contributed by atoms with E-state index in [1.807, 2.05) is 6.92 Å². The van der Waals surface area contributed by atoms with Gasteiger partial charge in [0.1, 0.15) is 0 Å². The highest BCUT2D eigenvalue weighted by Gasteiger charge is 2.22. The third kappa shape index (κ3) is 5.25. The maximum absolute atomic E-state index is 5.42. The summed E-state index contributed by atoms with van der Waals surface area (Å²) in [6, 6.07) is 0. The van der Waals surface area contributed by atoms with Crippen LogP contribution in [-0.4, -0.2) is 62.2 Å². The molecule has 1 rings (SSSR count). The first-order valence-corrected chi connectivity index (χ1v) is 7.37. The van der Waals surface area contributed by atoms with Crippen molar-refractivity contribution in [3.8, 4) is 0 Å². The zero-order valence-electron chi connectivity index (χ0n) is 12.3. The minimum Gasteiger partial charge on any atom is -0.380 e. The number of aliphatic imine (C=N–C) groups is 1. The molecule has 0 aromatic rings.